The Morgan fingerprint density at radius 3 is 2.50 bits per heavy atom. The fourth-order valence-corrected chi connectivity index (χ4v) is 2.82. The first kappa shape index (κ1) is 24.4. The van der Waals surface area contributed by atoms with Crippen LogP contribution in [0.2, 0.25) is 0 Å². The van der Waals surface area contributed by atoms with Crippen molar-refractivity contribution < 1.29 is 13.6 Å². The maximum absolute atomic E-state index is 14.0. The second-order valence-electron chi connectivity index (χ2n) is 6.78. The van der Waals surface area contributed by atoms with Gasteiger partial charge in [0.2, 0.25) is 5.91 Å². The van der Waals surface area contributed by atoms with Gasteiger partial charge in [0.25, 0.3) is 0 Å². The van der Waals surface area contributed by atoms with Crippen LogP contribution in [0.4, 0.5) is 14.5 Å². The summed E-state index contributed by atoms with van der Waals surface area (Å²) in [4.78, 5) is 21.7. The van der Waals surface area contributed by atoms with Gasteiger partial charge >= 0.3 is 0 Å². The molecule has 0 aromatic heterocycles. The number of rotatable bonds is 6. The zero-order valence-electron chi connectivity index (χ0n) is 16.8. The minimum atomic E-state index is -0.445. The Bertz CT molecular complexity index is 664. The number of likely N-dealkylation sites (N-methyl/N-ethyl adjacent to an activating group) is 1. The van der Waals surface area contributed by atoms with Gasteiger partial charge in [-0.25, -0.2) is 13.8 Å². The Morgan fingerprint density at radius 1 is 1.21 bits per heavy atom. The minimum absolute atomic E-state index is 0. The third kappa shape index (κ3) is 7.06. The lowest BCUT2D eigenvalue weighted by Gasteiger charge is -2.38. The van der Waals surface area contributed by atoms with Gasteiger partial charge in [0.15, 0.2) is 5.96 Å². The predicted octanol–water partition coefficient (Wildman–Crippen LogP) is 2.54. The summed E-state index contributed by atoms with van der Waals surface area (Å²) in [7, 11) is 3.41. The van der Waals surface area contributed by atoms with Gasteiger partial charge in [0.05, 0.1) is 5.69 Å². The molecule has 0 atom stereocenters. The molecule has 1 aliphatic rings. The van der Waals surface area contributed by atoms with Gasteiger partial charge in [-0.3, -0.25) is 4.79 Å². The molecule has 0 unspecified atom stereocenters. The van der Waals surface area contributed by atoms with Crippen LogP contribution < -0.4 is 10.2 Å². The Balaban J connectivity index is 0.00000392. The molecule has 1 N–H and O–H groups in total. The number of hydrogen-bond acceptors (Lipinski definition) is 3. The number of nitrogens with one attached hydrogen (secondary N) is 1. The topological polar surface area (TPSA) is 51.2 Å². The molecule has 0 bridgehead atoms. The number of amides is 1. The summed E-state index contributed by atoms with van der Waals surface area (Å²) < 4.78 is 27.5. The third-order valence-electron chi connectivity index (χ3n) is 4.50. The first-order valence-corrected chi connectivity index (χ1v) is 9.35. The maximum atomic E-state index is 14.0. The Labute approximate surface area is 183 Å². The van der Waals surface area contributed by atoms with Gasteiger partial charge < -0.3 is 20.0 Å². The number of nitrogens with zero attached hydrogens (tertiary/aromatic N) is 4. The van der Waals surface area contributed by atoms with E-state index in [0.29, 0.717) is 32.1 Å². The van der Waals surface area contributed by atoms with E-state index in [1.165, 1.54) is 11.0 Å². The Morgan fingerprint density at radius 2 is 1.89 bits per heavy atom. The number of piperazine rings is 1. The van der Waals surface area contributed by atoms with Gasteiger partial charge in [0.1, 0.15) is 18.2 Å². The molecule has 0 aliphatic carbocycles. The van der Waals surface area contributed by atoms with Crippen molar-refractivity contribution in [2.75, 3.05) is 58.3 Å². The van der Waals surface area contributed by atoms with Gasteiger partial charge in [-0.15, -0.1) is 24.0 Å². The van der Waals surface area contributed by atoms with Crippen molar-refractivity contribution in [3.8, 4) is 0 Å². The number of guanidine groups is 1. The second kappa shape index (κ2) is 12.0. The normalized spacial score (nSPS) is 14.5. The molecule has 1 heterocycles. The van der Waals surface area contributed by atoms with E-state index in [1.807, 2.05) is 4.90 Å². The molecule has 1 fully saturated rings. The van der Waals surface area contributed by atoms with Gasteiger partial charge in [0, 0.05) is 52.9 Å². The zero-order chi connectivity index (χ0) is 19.8. The van der Waals surface area contributed by atoms with Crippen LogP contribution in [0.25, 0.3) is 0 Å². The molecule has 0 spiro atoms. The number of carbonyl (C=O) groups is 1. The number of anilines is 1. The average molecular weight is 509 g/mol. The second-order valence-corrected chi connectivity index (χ2v) is 6.78. The largest absolute Gasteiger partial charge is 0.366 e. The molecular formula is C19H30F2IN5O. The van der Waals surface area contributed by atoms with Crippen LogP contribution in [0.5, 0.6) is 0 Å². The molecule has 158 valence electrons. The van der Waals surface area contributed by atoms with E-state index in [2.05, 4.69) is 22.1 Å². The summed E-state index contributed by atoms with van der Waals surface area (Å²) in [5, 5.41) is 3.31. The fraction of sp³-hybridized carbons (Fsp3) is 0.579. The molecule has 1 amide bonds. The Kier molecular flexibility index (Phi) is 10.5. The lowest BCUT2D eigenvalue weighted by molar-refractivity contribution is -0.127. The molecule has 1 aliphatic heterocycles. The van der Waals surface area contributed by atoms with E-state index in [1.54, 1.807) is 14.1 Å². The van der Waals surface area contributed by atoms with Crippen molar-refractivity contribution in [3.63, 3.8) is 0 Å². The molecule has 28 heavy (non-hydrogen) atoms. The number of unbranched alkanes of at least 4 members (excludes halogenated alkanes) is 1. The standard InChI is InChI=1S/C19H29F2N5O.HI/c1-4-5-8-22-19(23-14-18(27)24(2)3)26-11-9-25(10-12-26)17-13-15(20)6-7-16(17)21;/h6-7,13H,4-5,8-12,14H2,1-3H3,(H,22,23);1H. The number of benzene rings is 1. The first-order chi connectivity index (χ1) is 12.9. The number of carbonyl (C=O) groups excluding carboxylic acids is 1. The first-order valence-electron chi connectivity index (χ1n) is 9.35. The number of hydrogen-bond donors (Lipinski definition) is 1. The SMILES string of the molecule is CCCCNC(=NCC(=O)N(C)C)N1CCN(c2cc(F)ccc2F)CC1.I. The highest BCUT2D eigenvalue weighted by molar-refractivity contribution is 14.0. The zero-order valence-corrected chi connectivity index (χ0v) is 19.1. The quantitative estimate of drug-likeness (QED) is 0.277. The van der Waals surface area contributed by atoms with Gasteiger partial charge in [-0.2, -0.15) is 0 Å². The van der Waals surface area contributed by atoms with E-state index in [-0.39, 0.29) is 42.1 Å². The smallest absolute Gasteiger partial charge is 0.243 e. The van der Waals surface area contributed by atoms with Crippen LogP contribution >= 0.6 is 24.0 Å². The highest BCUT2D eigenvalue weighted by atomic mass is 127. The Hall–Kier alpha value is -1.65. The van der Waals surface area contributed by atoms with Crippen molar-refractivity contribution >= 4 is 41.5 Å². The summed E-state index contributed by atoms with van der Waals surface area (Å²) in [5.41, 5.74) is 0.287. The molecule has 1 saturated heterocycles. The maximum Gasteiger partial charge on any atom is 0.243 e. The molecular weight excluding hydrogens is 479 g/mol. The van der Waals surface area contributed by atoms with Crippen LogP contribution in [-0.2, 0) is 4.79 Å². The molecule has 2 rings (SSSR count). The molecule has 0 radical (unpaired) electrons. The van der Waals surface area contributed by atoms with Crippen molar-refractivity contribution in [3.05, 3.63) is 29.8 Å². The van der Waals surface area contributed by atoms with Crippen molar-refractivity contribution in [2.45, 2.75) is 19.8 Å². The van der Waals surface area contributed by atoms with Crippen molar-refractivity contribution in [1.29, 1.82) is 0 Å². The monoisotopic (exact) mass is 509 g/mol. The predicted molar refractivity (Wildman–Crippen MR) is 119 cm³/mol. The summed E-state index contributed by atoms with van der Waals surface area (Å²) >= 11 is 0. The molecule has 0 saturated carbocycles. The molecule has 1 aromatic rings. The van der Waals surface area contributed by atoms with Crippen LogP contribution in [0.15, 0.2) is 23.2 Å². The summed E-state index contributed by atoms with van der Waals surface area (Å²) in [6, 6.07) is 3.51. The van der Waals surface area contributed by atoms with Crippen LogP contribution in [0.3, 0.4) is 0 Å². The minimum Gasteiger partial charge on any atom is -0.366 e. The van der Waals surface area contributed by atoms with E-state index in [4.69, 9.17) is 0 Å². The van der Waals surface area contributed by atoms with Crippen LogP contribution in [0.1, 0.15) is 19.8 Å². The van der Waals surface area contributed by atoms with E-state index in [0.717, 1.165) is 31.5 Å². The summed E-state index contributed by atoms with van der Waals surface area (Å²) in [6.07, 6.45) is 2.07. The summed E-state index contributed by atoms with van der Waals surface area (Å²) in [5.74, 6) is -0.237. The van der Waals surface area contributed by atoms with Gasteiger partial charge in [-0.05, 0) is 18.6 Å². The third-order valence-corrected chi connectivity index (χ3v) is 4.50. The fourth-order valence-electron chi connectivity index (χ4n) is 2.82. The number of aliphatic imine (C=N–C) groups is 1. The lowest BCUT2D eigenvalue weighted by Crippen LogP contribution is -2.53. The van der Waals surface area contributed by atoms with E-state index in [9.17, 15) is 13.6 Å². The molecule has 6 nitrogen and oxygen atoms in total. The van der Waals surface area contributed by atoms with Crippen LogP contribution in [0, 0.1) is 11.6 Å². The van der Waals surface area contributed by atoms with Crippen molar-refractivity contribution in [1.82, 2.24) is 15.1 Å². The van der Waals surface area contributed by atoms with E-state index >= 15 is 0 Å². The van der Waals surface area contributed by atoms with Crippen LogP contribution in [-0.4, -0.2) is 75.0 Å². The highest BCUT2D eigenvalue weighted by Gasteiger charge is 2.22. The summed E-state index contributed by atoms with van der Waals surface area (Å²) in [6.45, 7) is 5.31. The molecule has 1 aromatic carbocycles. The number of halogens is 3. The highest BCUT2D eigenvalue weighted by Crippen LogP contribution is 2.21. The lowest BCUT2D eigenvalue weighted by atomic mass is 10.2. The molecule has 9 heteroatoms. The van der Waals surface area contributed by atoms with Gasteiger partial charge in [-0.1, -0.05) is 13.3 Å². The average Bonchev–Trinajstić information content (AvgIpc) is 2.66. The van der Waals surface area contributed by atoms with E-state index < -0.39 is 11.6 Å². The van der Waals surface area contributed by atoms with Crippen molar-refractivity contribution in [2.24, 2.45) is 4.99 Å².